The van der Waals surface area contributed by atoms with Crippen molar-refractivity contribution in [1.82, 2.24) is 15.3 Å². The molecule has 3 rings (SSSR count). The summed E-state index contributed by atoms with van der Waals surface area (Å²) >= 11 is 2.78. The number of aryl methyl sites for hydroxylation is 2. The van der Waals surface area contributed by atoms with E-state index in [0.29, 0.717) is 27.4 Å². The SMILES string of the molecule is Cc1sc2nc(CSC(C)C(=O)NCc3ccc(C(F)(F)F)cc3)[nH]c(=O)c2c1C. The molecule has 0 bridgehead atoms. The minimum atomic E-state index is -4.38. The van der Waals surface area contributed by atoms with Crippen LogP contribution in [0.4, 0.5) is 13.2 Å². The van der Waals surface area contributed by atoms with Crippen molar-refractivity contribution in [3.8, 4) is 0 Å². The molecule has 2 N–H and O–H groups in total. The number of fused-ring (bicyclic) bond motifs is 1. The van der Waals surface area contributed by atoms with Gasteiger partial charge in [0.25, 0.3) is 5.56 Å². The molecule has 5 nitrogen and oxygen atoms in total. The average molecular weight is 456 g/mol. The number of aromatic nitrogens is 2. The van der Waals surface area contributed by atoms with Crippen molar-refractivity contribution in [3.63, 3.8) is 0 Å². The minimum absolute atomic E-state index is 0.136. The van der Waals surface area contributed by atoms with Gasteiger partial charge in [0.15, 0.2) is 0 Å². The van der Waals surface area contributed by atoms with E-state index in [4.69, 9.17) is 0 Å². The van der Waals surface area contributed by atoms with Crippen LogP contribution in [-0.2, 0) is 23.3 Å². The summed E-state index contributed by atoms with van der Waals surface area (Å²) in [4.78, 5) is 33.6. The fraction of sp³-hybridized carbons (Fsp3) is 0.350. The number of carbonyl (C=O) groups is 1. The molecule has 0 saturated heterocycles. The Morgan fingerprint density at radius 1 is 1.27 bits per heavy atom. The van der Waals surface area contributed by atoms with Gasteiger partial charge >= 0.3 is 6.18 Å². The van der Waals surface area contributed by atoms with E-state index in [0.717, 1.165) is 22.6 Å². The number of hydrogen-bond donors (Lipinski definition) is 2. The van der Waals surface area contributed by atoms with Crippen molar-refractivity contribution >= 4 is 39.2 Å². The van der Waals surface area contributed by atoms with Gasteiger partial charge in [0.2, 0.25) is 5.91 Å². The van der Waals surface area contributed by atoms with Gasteiger partial charge in [-0.05, 0) is 44.0 Å². The van der Waals surface area contributed by atoms with E-state index in [2.05, 4.69) is 15.3 Å². The summed E-state index contributed by atoms with van der Waals surface area (Å²) in [6, 6.07) is 4.67. The summed E-state index contributed by atoms with van der Waals surface area (Å²) < 4.78 is 37.8. The standard InChI is InChI=1S/C20H20F3N3O2S2/c1-10-11(2)30-19-16(10)18(28)25-15(26-19)9-29-12(3)17(27)24-8-13-4-6-14(7-5-13)20(21,22)23/h4-7,12H,8-9H2,1-3H3,(H,24,27)(H,25,26,28). The molecule has 1 atom stereocenters. The van der Waals surface area contributed by atoms with Crippen molar-refractivity contribution in [3.05, 3.63) is 62.0 Å². The van der Waals surface area contributed by atoms with Crippen LogP contribution in [-0.4, -0.2) is 21.1 Å². The molecular formula is C20H20F3N3O2S2. The monoisotopic (exact) mass is 455 g/mol. The molecule has 2 aromatic heterocycles. The van der Waals surface area contributed by atoms with E-state index < -0.39 is 17.0 Å². The molecule has 0 aliphatic rings. The molecule has 1 unspecified atom stereocenters. The lowest BCUT2D eigenvalue weighted by atomic mass is 10.1. The Labute approximate surface area is 179 Å². The van der Waals surface area contributed by atoms with Crippen LogP contribution in [0.25, 0.3) is 10.2 Å². The zero-order valence-electron chi connectivity index (χ0n) is 16.5. The maximum atomic E-state index is 12.6. The number of amides is 1. The molecular weight excluding hydrogens is 435 g/mol. The minimum Gasteiger partial charge on any atom is -0.351 e. The first-order chi connectivity index (χ1) is 14.1. The first-order valence-corrected chi connectivity index (χ1v) is 11.0. The van der Waals surface area contributed by atoms with Gasteiger partial charge < -0.3 is 10.3 Å². The second-order valence-corrected chi connectivity index (χ2v) is 9.37. The smallest absolute Gasteiger partial charge is 0.351 e. The van der Waals surface area contributed by atoms with Crippen molar-refractivity contribution in [1.29, 1.82) is 0 Å². The molecule has 0 fully saturated rings. The van der Waals surface area contributed by atoms with Crippen molar-refractivity contribution in [2.24, 2.45) is 0 Å². The Morgan fingerprint density at radius 2 is 1.93 bits per heavy atom. The predicted molar refractivity (Wildman–Crippen MR) is 114 cm³/mol. The molecule has 160 valence electrons. The van der Waals surface area contributed by atoms with Gasteiger partial charge in [0.1, 0.15) is 10.7 Å². The molecule has 2 heterocycles. The topological polar surface area (TPSA) is 74.8 Å². The third kappa shape index (κ3) is 5.04. The first-order valence-electron chi connectivity index (χ1n) is 9.10. The highest BCUT2D eigenvalue weighted by Crippen LogP contribution is 2.29. The van der Waals surface area contributed by atoms with Crippen LogP contribution in [0.5, 0.6) is 0 Å². The number of thiophene rings is 1. The fourth-order valence-electron chi connectivity index (χ4n) is 2.79. The largest absolute Gasteiger partial charge is 0.416 e. The Kier molecular flexibility index (Phi) is 6.56. The van der Waals surface area contributed by atoms with Crippen LogP contribution in [0.3, 0.4) is 0 Å². The number of alkyl halides is 3. The highest BCUT2D eigenvalue weighted by molar-refractivity contribution is 7.99. The fourth-order valence-corrected chi connectivity index (χ4v) is 4.62. The number of thioether (sulfide) groups is 1. The number of aromatic amines is 1. The van der Waals surface area contributed by atoms with Crippen LogP contribution in [0.15, 0.2) is 29.1 Å². The highest BCUT2D eigenvalue weighted by Gasteiger charge is 2.29. The van der Waals surface area contributed by atoms with Gasteiger partial charge in [-0.2, -0.15) is 13.2 Å². The molecule has 1 amide bonds. The van der Waals surface area contributed by atoms with Gasteiger partial charge in [-0.1, -0.05) is 12.1 Å². The van der Waals surface area contributed by atoms with Gasteiger partial charge in [-0.15, -0.1) is 23.1 Å². The molecule has 0 aliphatic carbocycles. The molecule has 0 radical (unpaired) electrons. The van der Waals surface area contributed by atoms with E-state index in [1.807, 2.05) is 13.8 Å². The Balaban J connectivity index is 1.56. The Bertz CT molecular complexity index is 1120. The third-order valence-electron chi connectivity index (χ3n) is 4.68. The average Bonchev–Trinajstić information content (AvgIpc) is 2.98. The molecule has 0 spiro atoms. The molecule has 10 heteroatoms. The normalized spacial score (nSPS) is 12.9. The number of carbonyl (C=O) groups excluding carboxylic acids is 1. The maximum Gasteiger partial charge on any atom is 0.416 e. The Morgan fingerprint density at radius 3 is 2.57 bits per heavy atom. The molecule has 1 aromatic carbocycles. The van der Waals surface area contributed by atoms with E-state index >= 15 is 0 Å². The number of hydrogen-bond acceptors (Lipinski definition) is 5. The van der Waals surface area contributed by atoms with Crippen LogP contribution in [0, 0.1) is 13.8 Å². The summed E-state index contributed by atoms with van der Waals surface area (Å²) in [7, 11) is 0. The number of H-pyrrole nitrogens is 1. The van der Waals surface area contributed by atoms with Crippen molar-refractivity contribution in [2.45, 2.75) is 44.5 Å². The summed E-state index contributed by atoms with van der Waals surface area (Å²) in [6.45, 7) is 5.70. The Hall–Kier alpha value is -2.33. The van der Waals surface area contributed by atoms with Crippen molar-refractivity contribution in [2.75, 3.05) is 0 Å². The molecule has 3 aromatic rings. The van der Waals surface area contributed by atoms with Crippen LogP contribution >= 0.6 is 23.1 Å². The lowest BCUT2D eigenvalue weighted by molar-refractivity contribution is -0.137. The summed E-state index contributed by atoms with van der Waals surface area (Å²) in [5.74, 6) is 0.614. The highest BCUT2D eigenvalue weighted by atomic mass is 32.2. The van der Waals surface area contributed by atoms with E-state index in [1.54, 1.807) is 6.92 Å². The van der Waals surface area contributed by atoms with Gasteiger partial charge in [0, 0.05) is 11.4 Å². The lowest BCUT2D eigenvalue weighted by Crippen LogP contribution is -2.30. The second kappa shape index (κ2) is 8.81. The van der Waals surface area contributed by atoms with Crippen molar-refractivity contribution < 1.29 is 18.0 Å². The predicted octanol–water partition coefficient (Wildman–Crippen LogP) is 4.56. The quantitative estimate of drug-likeness (QED) is 0.572. The number of benzene rings is 1. The zero-order chi connectivity index (χ0) is 22.1. The van der Waals surface area contributed by atoms with E-state index in [1.165, 1.54) is 35.2 Å². The number of nitrogens with zero attached hydrogens (tertiary/aromatic N) is 1. The maximum absolute atomic E-state index is 12.6. The molecule has 0 saturated carbocycles. The zero-order valence-corrected chi connectivity index (χ0v) is 18.1. The molecule has 30 heavy (non-hydrogen) atoms. The summed E-state index contributed by atoms with van der Waals surface area (Å²) in [6.07, 6.45) is -4.38. The van der Waals surface area contributed by atoms with Gasteiger partial charge in [0.05, 0.1) is 22.0 Å². The number of halogens is 3. The summed E-state index contributed by atoms with van der Waals surface area (Å²) in [5, 5.41) is 2.90. The molecule has 0 aliphatic heterocycles. The van der Waals surface area contributed by atoms with Gasteiger partial charge in [-0.3, -0.25) is 9.59 Å². The lowest BCUT2D eigenvalue weighted by Gasteiger charge is -2.12. The second-order valence-electron chi connectivity index (χ2n) is 6.84. The van der Waals surface area contributed by atoms with Crippen LogP contribution in [0.2, 0.25) is 0 Å². The van der Waals surface area contributed by atoms with E-state index in [-0.39, 0.29) is 18.0 Å². The third-order valence-corrected chi connectivity index (χ3v) is 6.93. The van der Waals surface area contributed by atoms with Crippen LogP contribution < -0.4 is 10.9 Å². The van der Waals surface area contributed by atoms with Gasteiger partial charge in [-0.25, -0.2) is 4.98 Å². The summed E-state index contributed by atoms with van der Waals surface area (Å²) in [5.41, 5.74) is 0.598. The number of rotatable bonds is 6. The van der Waals surface area contributed by atoms with Crippen LogP contribution in [0.1, 0.15) is 34.3 Å². The first kappa shape index (κ1) is 22.4. The number of nitrogens with one attached hydrogen (secondary N) is 2. The van der Waals surface area contributed by atoms with E-state index in [9.17, 15) is 22.8 Å².